The summed E-state index contributed by atoms with van der Waals surface area (Å²) >= 11 is 7.14. The number of carbonyl (C=O) groups excluding carboxylic acids is 3. The number of benzene rings is 3. The predicted molar refractivity (Wildman–Crippen MR) is 136 cm³/mol. The van der Waals surface area contributed by atoms with E-state index in [1.165, 1.54) is 0 Å². The van der Waals surface area contributed by atoms with Crippen molar-refractivity contribution in [3.05, 3.63) is 106 Å². The van der Waals surface area contributed by atoms with Crippen LogP contribution in [0.15, 0.2) is 84.9 Å². The highest BCUT2D eigenvalue weighted by molar-refractivity contribution is 7.17. The van der Waals surface area contributed by atoms with Crippen LogP contribution in [0.5, 0.6) is 0 Å². The van der Waals surface area contributed by atoms with Gasteiger partial charge in [0, 0.05) is 16.1 Å². The minimum atomic E-state index is -0.732. The molecule has 0 saturated carbocycles. The fraction of sp³-hybridized carbons (Fsp3) is 0.0769. The third-order valence-corrected chi connectivity index (χ3v) is 6.18. The second-order valence-corrected chi connectivity index (χ2v) is 8.80. The lowest BCUT2D eigenvalue weighted by Gasteiger charge is -2.08. The number of nitrogens with one attached hydrogen (secondary N) is 2. The molecule has 0 unspecified atom stereocenters. The molecular formula is C26H20ClN3O4S. The zero-order chi connectivity index (χ0) is 24.6. The molecule has 4 rings (SSSR count). The SMILES string of the molecule is O=C(CNC(=O)OCc1ccccc1)Nc1nc(-c2ccc(Cl)cc2)sc1C(=O)c1ccccc1. The minimum absolute atomic E-state index is 0.0839. The van der Waals surface area contributed by atoms with Gasteiger partial charge in [-0.2, -0.15) is 0 Å². The molecule has 0 saturated heterocycles. The summed E-state index contributed by atoms with van der Waals surface area (Å²) in [5.74, 6) is -0.691. The Balaban J connectivity index is 1.46. The van der Waals surface area contributed by atoms with Crippen molar-refractivity contribution in [2.45, 2.75) is 6.61 Å². The average molecular weight is 506 g/mol. The van der Waals surface area contributed by atoms with Gasteiger partial charge < -0.3 is 15.4 Å². The van der Waals surface area contributed by atoms with E-state index in [0.717, 1.165) is 22.5 Å². The van der Waals surface area contributed by atoms with Crippen molar-refractivity contribution in [1.29, 1.82) is 0 Å². The molecule has 0 aliphatic carbocycles. The molecule has 0 bridgehead atoms. The Hall–Kier alpha value is -4.01. The van der Waals surface area contributed by atoms with Crippen LogP contribution in [-0.4, -0.2) is 29.3 Å². The monoisotopic (exact) mass is 505 g/mol. The first-order valence-electron chi connectivity index (χ1n) is 10.6. The number of aromatic nitrogens is 1. The van der Waals surface area contributed by atoms with Gasteiger partial charge in [0.2, 0.25) is 11.7 Å². The fourth-order valence-corrected chi connectivity index (χ4v) is 4.21. The van der Waals surface area contributed by atoms with Gasteiger partial charge in [-0.15, -0.1) is 11.3 Å². The van der Waals surface area contributed by atoms with Gasteiger partial charge in [0.25, 0.3) is 0 Å². The number of rotatable bonds is 8. The number of hydrogen-bond donors (Lipinski definition) is 2. The van der Waals surface area contributed by atoms with Crippen molar-refractivity contribution in [2.75, 3.05) is 11.9 Å². The second-order valence-electron chi connectivity index (χ2n) is 7.36. The van der Waals surface area contributed by atoms with Gasteiger partial charge >= 0.3 is 6.09 Å². The first-order chi connectivity index (χ1) is 17.0. The van der Waals surface area contributed by atoms with E-state index in [2.05, 4.69) is 15.6 Å². The van der Waals surface area contributed by atoms with Gasteiger partial charge in [0.1, 0.15) is 23.0 Å². The Labute approximate surface area is 210 Å². The third-order valence-electron chi connectivity index (χ3n) is 4.82. The van der Waals surface area contributed by atoms with Crippen molar-refractivity contribution >= 4 is 46.5 Å². The molecule has 0 spiro atoms. The Morgan fingerprint density at radius 3 is 2.23 bits per heavy atom. The summed E-state index contributed by atoms with van der Waals surface area (Å²) in [5.41, 5.74) is 2.05. The largest absolute Gasteiger partial charge is 0.445 e. The topological polar surface area (TPSA) is 97.4 Å². The number of alkyl carbamates (subject to hydrolysis) is 1. The third kappa shape index (κ3) is 6.53. The number of amides is 2. The number of thiazole rings is 1. The lowest BCUT2D eigenvalue weighted by Crippen LogP contribution is -2.33. The molecule has 1 heterocycles. The molecule has 0 atom stereocenters. The zero-order valence-electron chi connectivity index (χ0n) is 18.4. The number of nitrogens with zero attached hydrogens (tertiary/aromatic N) is 1. The van der Waals surface area contributed by atoms with Gasteiger partial charge in [-0.1, -0.05) is 84.4 Å². The predicted octanol–water partition coefficient (Wildman–Crippen LogP) is 5.56. The first-order valence-corrected chi connectivity index (χ1v) is 11.8. The van der Waals surface area contributed by atoms with Crippen molar-refractivity contribution in [1.82, 2.24) is 10.3 Å². The Morgan fingerprint density at radius 1 is 0.886 bits per heavy atom. The highest BCUT2D eigenvalue weighted by Gasteiger charge is 2.22. The van der Waals surface area contributed by atoms with E-state index < -0.39 is 12.0 Å². The van der Waals surface area contributed by atoms with Crippen molar-refractivity contribution in [3.8, 4) is 10.6 Å². The number of ether oxygens (including phenoxy) is 1. The molecule has 0 fully saturated rings. The van der Waals surface area contributed by atoms with E-state index in [0.29, 0.717) is 15.6 Å². The second kappa shape index (κ2) is 11.4. The van der Waals surface area contributed by atoms with Crippen LogP contribution in [0.2, 0.25) is 5.02 Å². The molecule has 4 aromatic rings. The smallest absolute Gasteiger partial charge is 0.407 e. The molecule has 0 radical (unpaired) electrons. The molecule has 3 aromatic carbocycles. The van der Waals surface area contributed by atoms with Gasteiger partial charge in [-0.05, 0) is 17.7 Å². The summed E-state index contributed by atoms with van der Waals surface area (Å²) in [7, 11) is 0. The van der Waals surface area contributed by atoms with Crippen LogP contribution in [0.3, 0.4) is 0 Å². The molecule has 35 heavy (non-hydrogen) atoms. The van der Waals surface area contributed by atoms with Crippen LogP contribution in [0, 0.1) is 0 Å². The molecule has 7 nitrogen and oxygen atoms in total. The summed E-state index contributed by atoms with van der Waals surface area (Å²) in [5, 5.41) is 6.16. The normalized spacial score (nSPS) is 10.4. The summed E-state index contributed by atoms with van der Waals surface area (Å²) in [6.07, 6.45) is -0.732. The molecule has 9 heteroatoms. The van der Waals surface area contributed by atoms with Crippen molar-refractivity contribution in [2.24, 2.45) is 0 Å². The molecular weight excluding hydrogens is 486 g/mol. The number of hydrogen-bond acceptors (Lipinski definition) is 6. The summed E-state index contributed by atoms with van der Waals surface area (Å²) < 4.78 is 5.11. The lowest BCUT2D eigenvalue weighted by atomic mass is 10.1. The first kappa shape index (κ1) is 24.1. The maximum atomic E-state index is 13.1. The van der Waals surface area contributed by atoms with E-state index in [9.17, 15) is 14.4 Å². The van der Waals surface area contributed by atoms with Crippen LogP contribution in [0.4, 0.5) is 10.6 Å². The quantitative estimate of drug-likeness (QED) is 0.305. The number of carbonyl (C=O) groups is 3. The molecule has 2 amide bonds. The highest BCUT2D eigenvalue weighted by Crippen LogP contribution is 2.33. The van der Waals surface area contributed by atoms with Gasteiger partial charge in [0.05, 0.1) is 0 Å². The van der Waals surface area contributed by atoms with Gasteiger partial charge in [-0.25, -0.2) is 9.78 Å². The molecule has 1 aromatic heterocycles. The minimum Gasteiger partial charge on any atom is -0.445 e. The number of halogens is 1. The van der Waals surface area contributed by atoms with Crippen LogP contribution in [-0.2, 0) is 16.1 Å². The Kier molecular flexibility index (Phi) is 7.87. The summed E-state index contributed by atoms with van der Waals surface area (Å²) in [6, 6.07) is 24.9. The van der Waals surface area contributed by atoms with Crippen LogP contribution in [0.1, 0.15) is 20.8 Å². The van der Waals surface area contributed by atoms with Gasteiger partial charge in [-0.3, -0.25) is 9.59 Å². The van der Waals surface area contributed by atoms with Crippen molar-refractivity contribution < 1.29 is 19.1 Å². The molecule has 2 N–H and O–H groups in total. The van der Waals surface area contributed by atoms with Crippen molar-refractivity contribution in [3.63, 3.8) is 0 Å². The van der Waals surface area contributed by atoms with Crippen LogP contribution in [0.25, 0.3) is 10.6 Å². The zero-order valence-corrected chi connectivity index (χ0v) is 19.9. The number of anilines is 1. The summed E-state index contributed by atoms with van der Waals surface area (Å²) in [4.78, 5) is 42.4. The summed E-state index contributed by atoms with van der Waals surface area (Å²) in [6.45, 7) is -0.263. The maximum absolute atomic E-state index is 13.1. The lowest BCUT2D eigenvalue weighted by molar-refractivity contribution is -0.115. The Bertz CT molecular complexity index is 1330. The Morgan fingerprint density at radius 2 is 1.54 bits per heavy atom. The van der Waals surface area contributed by atoms with E-state index in [4.69, 9.17) is 16.3 Å². The molecule has 0 aliphatic rings. The standard InChI is InChI=1S/C26H20ClN3O4S/c27-20-13-11-19(12-14-20)25-30-24(23(35-25)22(32)18-9-5-2-6-10-18)29-21(31)15-28-26(33)34-16-17-7-3-1-4-8-17/h1-14H,15-16H2,(H,28,33)(H,29,31). The highest BCUT2D eigenvalue weighted by atomic mass is 35.5. The van der Waals surface area contributed by atoms with E-state index in [1.807, 2.05) is 36.4 Å². The van der Waals surface area contributed by atoms with Crippen LogP contribution >= 0.6 is 22.9 Å². The van der Waals surface area contributed by atoms with E-state index >= 15 is 0 Å². The molecule has 0 aliphatic heterocycles. The van der Waals surface area contributed by atoms with Crippen LogP contribution < -0.4 is 10.6 Å². The number of ketones is 1. The average Bonchev–Trinajstić information content (AvgIpc) is 3.30. The van der Waals surface area contributed by atoms with E-state index in [1.54, 1.807) is 48.5 Å². The van der Waals surface area contributed by atoms with Gasteiger partial charge in [0.15, 0.2) is 5.82 Å². The maximum Gasteiger partial charge on any atom is 0.407 e. The fourth-order valence-electron chi connectivity index (χ4n) is 3.10. The van der Waals surface area contributed by atoms with E-state index in [-0.39, 0.29) is 29.6 Å². The molecule has 176 valence electrons.